The molecule has 0 spiro atoms. The fourth-order valence-corrected chi connectivity index (χ4v) is 1.53. The summed E-state index contributed by atoms with van der Waals surface area (Å²) in [4.78, 5) is 11.9. The Morgan fingerprint density at radius 3 is 2.81 bits per heavy atom. The van der Waals surface area contributed by atoms with E-state index in [1.54, 1.807) is 17.9 Å². The van der Waals surface area contributed by atoms with Gasteiger partial charge in [-0.25, -0.2) is 0 Å². The van der Waals surface area contributed by atoms with Crippen molar-refractivity contribution in [2.75, 3.05) is 6.61 Å². The maximum atomic E-state index is 11.9. The maximum Gasteiger partial charge on any atom is 0.255 e. The molecule has 1 aromatic heterocycles. The van der Waals surface area contributed by atoms with Crippen LogP contribution in [0.3, 0.4) is 0 Å². The number of aliphatic hydroxyl groups excluding tert-OH is 1. The highest BCUT2D eigenvalue weighted by Gasteiger charge is 2.16. The number of aryl methyl sites for hydroxylation is 2. The van der Waals surface area contributed by atoms with Crippen LogP contribution in [-0.2, 0) is 13.5 Å². The molecule has 1 amide bonds. The molecule has 1 unspecified atom stereocenters. The quantitative estimate of drug-likeness (QED) is 0.766. The average molecular weight is 225 g/mol. The highest BCUT2D eigenvalue weighted by atomic mass is 16.3. The van der Waals surface area contributed by atoms with Gasteiger partial charge in [0.15, 0.2) is 0 Å². The first kappa shape index (κ1) is 12.7. The summed E-state index contributed by atoms with van der Waals surface area (Å²) in [7, 11) is 1.79. The Balaban J connectivity index is 2.79. The Morgan fingerprint density at radius 2 is 2.31 bits per heavy atom. The molecule has 0 saturated carbocycles. The Bertz CT molecular complexity index is 356. The molecular weight excluding hydrogens is 206 g/mol. The molecule has 1 heterocycles. The van der Waals surface area contributed by atoms with E-state index in [1.165, 1.54) is 0 Å². The van der Waals surface area contributed by atoms with Gasteiger partial charge in [0.05, 0.1) is 23.9 Å². The molecule has 16 heavy (non-hydrogen) atoms. The van der Waals surface area contributed by atoms with E-state index in [1.807, 2.05) is 13.8 Å². The van der Waals surface area contributed by atoms with E-state index in [2.05, 4.69) is 10.4 Å². The second kappa shape index (κ2) is 5.65. The van der Waals surface area contributed by atoms with E-state index >= 15 is 0 Å². The van der Waals surface area contributed by atoms with Crippen LogP contribution in [0.25, 0.3) is 0 Å². The lowest BCUT2D eigenvalue weighted by Gasteiger charge is -2.13. The predicted octanol–water partition coefficient (Wildman–Crippen LogP) is 0.483. The standard InChI is InChI=1S/C11H19N3O2/c1-4-8(7-15)12-11(16)9-6-14(3)13-10(9)5-2/h6,8,15H,4-5,7H2,1-3H3,(H,12,16). The van der Waals surface area contributed by atoms with Crippen molar-refractivity contribution in [3.05, 3.63) is 17.5 Å². The Hall–Kier alpha value is -1.36. The normalized spacial score (nSPS) is 12.5. The van der Waals surface area contributed by atoms with Crippen molar-refractivity contribution in [1.29, 1.82) is 0 Å². The van der Waals surface area contributed by atoms with Gasteiger partial charge in [-0.3, -0.25) is 9.48 Å². The number of aromatic nitrogens is 2. The molecule has 0 saturated heterocycles. The van der Waals surface area contributed by atoms with Gasteiger partial charge in [-0.05, 0) is 12.8 Å². The van der Waals surface area contributed by atoms with Crippen LogP contribution in [0, 0.1) is 0 Å². The summed E-state index contributed by atoms with van der Waals surface area (Å²) in [5.74, 6) is -0.161. The molecule has 5 heteroatoms. The highest BCUT2D eigenvalue weighted by Crippen LogP contribution is 2.07. The molecular formula is C11H19N3O2. The molecule has 0 aliphatic rings. The van der Waals surface area contributed by atoms with Gasteiger partial charge in [-0.2, -0.15) is 5.10 Å². The molecule has 90 valence electrons. The van der Waals surface area contributed by atoms with Crippen molar-refractivity contribution in [3.63, 3.8) is 0 Å². The van der Waals surface area contributed by atoms with E-state index in [9.17, 15) is 4.79 Å². The number of rotatable bonds is 5. The summed E-state index contributed by atoms with van der Waals surface area (Å²) >= 11 is 0. The van der Waals surface area contributed by atoms with Crippen molar-refractivity contribution >= 4 is 5.91 Å². The third kappa shape index (κ3) is 2.82. The van der Waals surface area contributed by atoms with E-state index < -0.39 is 0 Å². The molecule has 1 aromatic rings. The van der Waals surface area contributed by atoms with Gasteiger partial charge in [0.2, 0.25) is 0 Å². The van der Waals surface area contributed by atoms with Crippen LogP contribution < -0.4 is 5.32 Å². The number of amides is 1. The van der Waals surface area contributed by atoms with Gasteiger partial charge < -0.3 is 10.4 Å². The third-order valence-electron chi connectivity index (χ3n) is 2.53. The van der Waals surface area contributed by atoms with Crippen molar-refractivity contribution in [1.82, 2.24) is 15.1 Å². The summed E-state index contributed by atoms with van der Waals surface area (Å²) < 4.78 is 1.63. The van der Waals surface area contributed by atoms with Crippen LogP contribution in [0.15, 0.2) is 6.20 Å². The lowest BCUT2D eigenvalue weighted by Crippen LogP contribution is -2.37. The lowest BCUT2D eigenvalue weighted by molar-refractivity contribution is 0.0914. The highest BCUT2D eigenvalue weighted by molar-refractivity contribution is 5.95. The molecule has 0 aliphatic heterocycles. The van der Waals surface area contributed by atoms with Crippen LogP contribution in [0.4, 0.5) is 0 Å². The van der Waals surface area contributed by atoms with E-state index in [0.717, 1.165) is 12.1 Å². The van der Waals surface area contributed by atoms with Crippen LogP contribution >= 0.6 is 0 Å². The molecule has 0 aromatic carbocycles. The second-order valence-corrected chi connectivity index (χ2v) is 3.78. The predicted molar refractivity (Wildman–Crippen MR) is 61.2 cm³/mol. The largest absolute Gasteiger partial charge is 0.394 e. The summed E-state index contributed by atoms with van der Waals surface area (Å²) in [6.45, 7) is 3.84. The van der Waals surface area contributed by atoms with Crippen LogP contribution in [0.2, 0.25) is 0 Å². The fraction of sp³-hybridized carbons (Fsp3) is 0.636. The number of aliphatic hydroxyl groups is 1. The van der Waals surface area contributed by atoms with Crippen LogP contribution in [-0.4, -0.2) is 33.4 Å². The molecule has 0 radical (unpaired) electrons. The third-order valence-corrected chi connectivity index (χ3v) is 2.53. The van der Waals surface area contributed by atoms with Gasteiger partial charge in [0.1, 0.15) is 0 Å². The minimum atomic E-state index is -0.183. The Morgan fingerprint density at radius 1 is 1.62 bits per heavy atom. The number of nitrogens with one attached hydrogen (secondary N) is 1. The zero-order valence-corrected chi connectivity index (χ0v) is 10.0. The van der Waals surface area contributed by atoms with Gasteiger partial charge in [-0.15, -0.1) is 0 Å². The molecule has 2 N–H and O–H groups in total. The Kier molecular flexibility index (Phi) is 4.49. The molecule has 0 fully saturated rings. The zero-order valence-electron chi connectivity index (χ0n) is 10.0. The first-order valence-corrected chi connectivity index (χ1v) is 5.56. The van der Waals surface area contributed by atoms with Crippen molar-refractivity contribution in [2.45, 2.75) is 32.7 Å². The first-order valence-electron chi connectivity index (χ1n) is 5.56. The van der Waals surface area contributed by atoms with Gasteiger partial charge in [-0.1, -0.05) is 13.8 Å². The SMILES string of the molecule is CCc1nn(C)cc1C(=O)NC(CC)CO. The topological polar surface area (TPSA) is 67.2 Å². The lowest BCUT2D eigenvalue weighted by atomic mass is 10.1. The Labute approximate surface area is 95.5 Å². The first-order chi connectivity index (χ1) is 7.62. The number of nitrogens with zero attached hydrogens (tertiary/aromatic N) is 2. The summed E-state index contributed by atoms with van der Waals surface area (Å²) in [6.07, 6.45) is 3.14. The van der Waals surface area contributed by atoms with Crippen molar-refractivity contribution < 1.29 is 9.90 Å². The van der Waals surface area contributed by atoms with E-state index in [0.29, 0.717) is 12.0 Å². The number of hydrogen-bond donors (Lipinski definition) is 2. The van der Waals surface area contributed by atoms with Crippen LogP contribution in [0.1, 0.15) is 36.3 Å². The molecule has 0 aliphatic carbocycles. The second-order valence-electron chi connectivity index (χ2n) is 3.78. The zero-order chi connectivity index (χ0) is 12.1. The summed E-state index contributed by atoms with van der Waals surface area (Å²) in [6, 6.07) is -0.183. The van der Waals surface area contributed by atoms with Crippen molar-refractivity contribution in [2.24, 2.45) is 7.05 Å². The molecule has 1 atom stereocenters. The van der Waals surface area contributed by atoms with Crippen molar-refractivity contribution in [3.8, 4) is 0 Å². The minimum absolute atomic E-state index is 0.0377. The molecule has 5 nitrogen and oxygen atoms in total. The number of carbonyl (C=O) groups excluding carboxylic acids is 1. The average Bonchev–Trinajstić information content (AvgIpc) is 2.67. The van der Waals surface area contributed by atoms with E-state index in [-0.39, 0.29) is 18.6 Å². The summed E-state index contributed by atoms with van der Waals surface area (Å²) in [5.41, 5.74) is 1.38. The monoisotopic (exact) mass is 225 g/mol. The number of carbonyl (C=O) groups is 1. The van der Waals surface area contributed by atoms with Gasteiger partial charge >= 0.3 is 0 Å². The van der Waals surface area contributed by atoms with Crippen LogP contribution in [0.5, 0.6) is 0 Å². The number of hydrogen-bond acceptors (Lipinski definition) is 3. The maximum absolute atomic E-state index is 11.9. The molecule has 0 bridgehead atoms. The molecule has 1 rings (SSSR count). The fourth-order valence-electron chi connectivity index (χ4n) is 1.53. The smallest absolute Gasteiger partial charge is 0.255 e. The van der Waals surface area contributed by atoms with Gasteiger partial charge in [0, 0.05) is 13.2 Å². The van der Waals surface area contributed by atoms with Gasteiger partial charge in [0.25, 0.3) is 5.91 Å². The summed E-state index contributed by atoms with van der Waals surface area (Å²) in [5, 5.41) is 16.0. The minimum Gasteiger partial charge on any atom is -0.394 e. The van der Waals surface area contributed by atoms with E-state index in [4.69, 9.17) is 5.11 Å².